The first-order valence-electron chi connectivity index (χ1n) is 9.55. The highest BCUT2D eigenvalue weighted by Crippen LogP contribution is 2.36. The number of nitrogens with zero attached hydrogens (tertiary/aromatic N) is 3. The normalized spacial score (nSPS) is 19.1. The zero-order valence-corrected chi connectivity index (χ0v) is 17.0. The number of benzene rings is 1. The number of halogens is 2. The van der Waals surface area contributed by atoms with Crippen molar-refractivity contribution < 1.29 is 23.2 Å². The molecule has 0 saturated carbocycles. The largest absolute Gasteiger partial charge is 0.341 e. The first-order chi connectivity index (χ1) is 13.5. The zero-order chi connectivity index (χ0) is 21.6. The molecule has 1 aromatic carbocycles. The van der Waals surface area contributed by atoms with Gasteiger partial charge in [-0.05, 0) is 19.4 Å². The Morgan fingerprint density at radius 2 is 1.79 bits per heavy atom. The van der Waals surface area contributed by atoms with E-state index in [0.29, 0.717) is 5.56 Å². The molecule has 4 amide bonds. The van der Waals surface area contributed by atoms with E-state index in [1.807, 2.05) is 13.8 Å². The second kappa shape index (κ2) is 7.27. The van der Waals surface area contributed by atoms with Crippen LogP contribution in [0.1, 0.15) is 31.9 Å². The average molecular weight is 408 g/mol. The van der Waals surface area contributed by atoms with Crippen LogP contribution in [0.2, 0.25) is 0 Å². The Labute approximate surface area is 168 Å². The Morgan fingerprint density at radius 3 is 2.28 bits per heavy atom. The minimum atomic E-state index is -2.95. The molecule has 1 N–H and O–H groups in total. The number of carbonyl (C=O) groups excluding carboxylic acids is 3. The van der Waals surface area contributed by atoms with E-state index in [4.69, 9.17) is 0 Å². The fourth-order valence-corrected chi connectivity index (χ4v) is 3.86. The SMILES string of the molecule is CNC(=O)N1CC2(C1)C(=O)N(C(C)C)CC(=O)N2Cc1ccc(C(C)(F)F)cc1. The highest BCUT2D eigenvalue weighted by atomic mass is 19.3. The zero-order valence-electron chi connectivity index (χ0n) is 17.0. The molecule has 0 bridgehead atoms. The number of carbonyl (C=O) groups is 3. The third-order valence-electron chi connectivity index (χ3n) is 5.61. The number of urea groups is 1. The van der Waals surface area contributed by atoms with Crippen LogP contribution in [0.3, 0.4) is 0 Å². The van der Waals surface area contributed by atoms with Crippen molar-refractivity contribution in [2.24, 2.45) is 0 Å². The summed E-state index contributed by atoms with van der Waals surface area (Å²) in [7, 11) is 1.50. The molecule has 29 heavy (non-hydrogen) atoms. The molecular weight excluding hydrogens is 382 g/mol. The summed E-state index contributed by atoms with van der Waals surface area (Å²) >= 11 is 0. The molecule has 0 aromatic heterocycles. The number of likely N-dealkylation sites (tertiary alicyclic amines) is 1. The average Bonchev–Trinajstić information content (AvgIpc) is 2.62. The van der Waals surface area contributed by atoms with Gasteiger partial charge in [0.1, 0.15) is 6.54 Å². The van der Waals surface area contributed by atoms with Crippen molar-refractivity contribution in [1.29, 1.82) is 0 Å². The van der Waals surface area contributed by atoms with Crippen molar-refractivity contribution in [2.75, 3.05) is 26.7 Å². The molecule has 1 spiro atoms. The second-order valence-corrected chi connectivity index (χ2v) is 8.03. The summed E-state index contributed by atoms with van der Waals surface area (Å²) < 4.78 is 26.9. The van der Waals surface area contributed by atoms with E-state index in [9.17, 15) is 23.2 Å². The molecule has 2 heterocycles. The van der Waals surface area contributed by atoms with E-state index < -0.39 is 11.5 Å². The van der Waals surface area contributed by atoms with Crippen LogP contribution in [0.4, 0.5) is 13.6 Å². The van der Waals surface area contributed by atoms with Crippen LogP contribution >= 0.6 is 0 Å². The molecule has 158 valence electrons. The number of nitrogens with one attached hydrogen (secondary N) is 1. The summed E-state index contributed by atoms with van der Waals surface area (Å²) in [5, 5.41) is 2.52. The molecule has 2 aliphatic heterocycles. The van der Waals surface area contributed by atoms with Crippen LogP contribution in [-0.2, 0) is 22.1 Å². The number of piperazine rings is 1. The molecular formula is C20H26F2N4O3. The van der Waals surface area contributed by atoms with Gasteiger partial charge in [0, 0.05) is 32.1 Å². The third kappa shape index (κ3) is 3.65. The van der Waals surface area contributed by atoms with Gasteiger partial charge in [0.15, 0.2) is 5.54 Å². The fourth-order valence-electron chi connectivity index (χ4n) is 3.86. The molecule has 2 saturated heterocycles. The molecule has 3 rings (SSSR count). The Morgan fingerprint density at radius 1 is 1.21 bits per heavy atom. The predicted octanol–water partition coefficient (Wildman–Crippen LogP) is 1.77. The van der Waals surface area contributed by atoms with Gasteiger partial charge in [-0.2, -0.15) is 0 Å². The quantitative estimate of drug-likeness (QED) is 0.825. The van der Waals surface area contributed by atoms with E-state index in [-0.39, 0.29) is 55.6 Å². The molecule has 2 fully saturated rings. The standard InChI is InChI=1S/C20H26F2N4O3/c1-13(2)25-10-16(27)26(9-14-5-7-15(8-6-14)19(3,21)22)20(17(25)28)11-24(12-20)18(29)23-4/h5-8,13H,9-12H2,1-4H3,(H,23,29). The maximum Gasteiger partial charge on any atom is 0.317 e. The minimum Gasteiger partial charge on any atom is -0.341 e. The van der Waals surface area contributed by atoms with Gasteiger partial charge in [-0.1, -0.05) is 24.3 Å². The summed E-state index contributed by atoms with van der Waals surface area (Å²) in [6.45, 7) is 4.79. The van der Waals surface area contributed by atoms with E-state index >= 15 is 0 Å². The van der Waals surface area contributed by atoms with Crippen LogP contribution in [-0.4, -0.2) is 70.8 Å². The molecule has 0 atom stereocenters. The Bertz CT molecular complexity index is 814. The molecule has 7 nitrogen and oxygen atoms in total. The highest BCUT2D eigenvalue weighted by Gasteiger charge is 2.60. The number of hydrogen-bond acceptors (Lipinski definition) is 3. The Hall–Kier alpha value is -2.71. The van der Waals surface area contributed by atoms with Crippen molar-refractivity contribution in [3.05, 3.63) is 35.4 Å². The lowest BCUT2D eigenvalue weighted by Crippen LogP contribution is -2.81. The molecule has 2 aliphatic rings. The van der Waals surface area contributed by atoms with Gasteiger partial charge in [-0.3, -0.25) is 9.59 Å². The summed E-state index contributed by atoms with van der Waals surface area (Å²) in [6, 6.07) is 5.29. The first kappa shape index (κ1) is 21.0. The first-order valence-corrected chi connectivity index (χ1v) is 9.55. The predicted molar refractivity (Wildman–Crippen MR) is 102 cm³/mol. The van der Waals surface area contributed by atoms with Crippen molar-refractivity contribution in [1.82, 2.24) is 20.0 Å². The monoisotopic (exact) mass is 408 g/mol. The van der Waals surface area contributed by atoms with Crippen LogP contribution in [0.15, 0.2) is 24.3 Å². The molecule has 0 unspecified atom stereocenters. The minimum absolute atomic E-state index is 0.0384. The number of hydrogen-bond donors (Lipinski definition) is 1. The molecule has 0 aliphatic carbocycles. The van der Waals surface area contributed by atoms with Gasteiger partial charge in [-0.15, -0.1) is 0 Å². The number of rotatable bonds is 4. The van der Waals surface area contributed by atoms with Crippen molar-refractivity contribution >= 4 is 17.8 Å². The van der Waals surface area contributed by atoms with Gasteiger partial charge in [-0.25, -0.2) is 13.6 Å². The van der Waals surface area contributed by atoms with E-state index in [1.54, 1.807) is 12.1 Å². The smallest absolute Gasteiger partial charge is 0.317 e. The molecule has 1 aromatic rings. The number of alkyl halides is 2. The Kier molecular flexibility index (Phi) is 5.27. The summed E-state index contributed by atoms with van der Waals surface area (Å²) in [6.07, 6.45) is 0. The van der Waals surface area contributed by atoms with Gasteiger partial charge < -0.3 is 20.0 Å². The lowest BCUT2D eigenvalue weighted by atomic mass is 9.83. The van der Waals surface area contributed by atoms with Gasteiger partial charge in [0.05, 0.1) is 13.1 Å². The number of amides is 4. The van der Waals surface area contributed by atoms with Gasteiger partial charge in [0.2, 0.25) is 5.91 Å². The van der Waals surface area contributed by atoms with E-state index in [1.165, 1.54) is 33.9 Å². The van der Waals surface area contributed by atoms with Gasteiger partial charge >= 0.3 is 6.03 Å². The lowest BCUT2D eigenvalue weighted by molar-refractivity contribution is -0.178. The third-order valence-corrected chi connectivity index (χ3v) is 5.61. The van der Waals surface area contributed by atoms with Gasteiger partial charge in [0.25, 0.3) is 11.8 Å². The molecule has 0 radical (unpaired) electrons. The van der Waals surface area contributed by atoms with Crippen molar-refractivity contribution in [3.8, 4) is 0 Å². The summed E-state index contributed by atoms with van der Waals surface area (Å²) in [5.74, 6) is -3.36. The van der Waals surface area contributed by atoms with Crippen molar-refractivity contribution in [3.63, 3.8) is 0 Å². The maximum absolute atomic E-state index is 13.5. The van der Waals surface area contributed by atoms with Crippen LogP contribution in [0, 0.1) is 0 Å². The van der Waals surface area contributed by atoms with Crippen LogP contribution < -0.4 is 5.32 Å². The van der Waals surface area contributed by atoms with Crippen LogP contribution in [0.5, 0.6) is 0 Å². The van der Waals surface area contributed by atoms with Crippen LogP contribution in [0.25, 0.3) is 0 Å². The van der Waals surface area contributed by atoms with E-state index in [2.05, 4.69) is 5.32 Å². The topological polar surface area (TPSA) is 73.0 Å². The second-order valence-electron chi connectivity index (χ2n) is 8.03. The Balaban J connectivity index is 1.88. The maximum atomic E-state index is 13.5. The van der Waals surface area contributed by atoms with E-state index in [0.717, 1.165) is 6.92 Å². The lowest BCUT2D eigenvalue weighted by Gasteiger charge is -2.58. The summed E-state index contributed by atoms with van der Waals surface area (Å²) in [5.41, 5.74) is -0.591. The molecule has 9 heteroatoms. The highest BCUT2D eigenvalue weighted by molar-refractivity contribution is 6.00. The summed E-state index contributed by atoms with van der Waals surface area (Å²) in [4.78, 5) is 42.6. The van der Waals surface area contributed by atoms with Crippen molar-refractivity contribution in [2.45, 2.75) is 44.8 Å². The fraction of sp³-hybridized carbons (Fsp3) is 0.550.